The zero-order valence-corrected chi connectivity index (χ0v) is 16.9. The fraction of sp³-hybridized carbons (Fsp3) is 0.550. The first-order valence-corrected chi connectivity index (χ1v) is 10.2. The molecule has 1 aliphatic carbocycles. The van der Waals surface area contributed by atoms with Crippen molar-refractivity contribution in [2.24, 2.45) is 7.05 Å². The van der Waals surface area contributed by atoms with Crippen LogP contribution in [0.25, 0.3) is 11.4 Å². The van der Waals surface area contributed by atoms with Crippen LogP contribution >= 0.6 is 11.8 Å². The van der Waals surface area contributed by atoms with Crippen molar-refractivity contribution in [1.29, 1.82) is 0 Å². The number of rotatable bonds is 5. The highest BCUT2D eigenvalue weighted by Crippen LogP contribution is 2.28. The molecule has 26 heavy (non-hydrogen) atoms. The van der Waals surface area contributed by atoms with E-state index in [9.17, 15) is 4.79 Å². The average molecular weight is 373 g/mol. The smallest absolute Gasteiger partial charge is 0.235 e. The van der Waals surface area contributed by atoms with Crippen LogP contribution in [0.2, 0.25) is 0 Å². The maximum absolute atomic E-state index is 12.8. The number of benzene rings is 1. The standard InChI is InChI=1S/C20H28N4OS/c1-14-9-8-10-16(13-14)18-21-22-20(24(18)4)26-15(2)19(25)23(3)17-11-6-5-7-12-17/h8-10,13,15,17H,5-7,11-12H2,1-4H3. The SMILES string of the molecule is Cc1cccc(-c2nnc(SC(C)C(=O)N(C)C3CCCCC3)n2C)c1. The van der Waals surface area contributed by atoms with Crippen LogP contribution in [0.1, 0.15) is 44.6 Å². The summed E-state index contributed by atoms with van der Waals surface area (Å²) in [5.41, 5.74) is 2.24. The van der Waals surface area contributed by atoms with Crippen LogP contribution in [0.5, 0.6) is 0 Å². The summed E-state index contributed by atoms with van der Waals surface area (Å²) >= 11 is 1.49. The Morgan fingerprint density at radius 2 is 2.00 bits per heavy atom. The number of hydrogen-bond donors (Lipinski definition) is 0. The third-order valence-corrected chi connectivity index (χ3v) is 6.33. The fourth-order valence-electron chi connectivity index (χ4n) is 3.60. The number of hydrogen-bond acceptors (Lipinski definition) is 4. The molecule has 2 aromatic rings. The molecule has 1 fully saturated rings. The molecule has 1 aromatic carbocycles. The van der Waals surface area contributed by atoms with Gasteiger partial charge in [0.25, 0.3) is 0 Å². The summed E-state index contributed by atoms with van der Waals surface area (Å²) in [7, 11) is 3.91. The Labute approximate surface area is 160 Å². The highest BCUT2D eigenvalue weighted by molar-refractivity contribution is 8.00. The number of amides is 1. The van der Waals surface area contributed by atoms with E-state index in [1.807, 2.05) is 42.6 Å². The lowest BCUT2D eigenvalue weighted by Crippen LogP contribution is -2.42. The Kier molecular flexibility index (Phi) is 6.01. The van der Waals surface area contributed by atoms with Gasteiger partial charge in [-0.05, 0) is 32.8 Å². The Balaban J connectivity index is 1.69. The Bertz CT molecular complexity index is 767. The number of aryl methyl sites for hydroxylation is 1. The molecule has 0 spiro atoms. The molecule has 5 nitrogen and oxygen atoms in total. The van der Waals surface area contributed by atoms with Crippen molar-refractivity contribution >= 4 is 17.7 Å². The topological polar surface area (TPSA) is 51.0 Å². The predicted octanol–water partition coefficient (Wildman–Crippen LogP) is 4.06. The molecule has 1 aliphatic rings. The molecule has 1 aromatic heterocycles. The molecule has 3 rings (SSSR count). The van der Waals surface area contributed by atoms with Crippen LogP contribution in [0.4, 0.5) is 0 Å². The molecule has 1 amide bonds. The zero-order valence-electron chi connectivity index (χ0n) is 16.1. The van der Waals surface area contributed by atoms with Gasteiger partial charge < -0.3 is 9.47 Å². The summed E-state index contributed by atoms with van der Waals surface area (Å²) in [5, 5.41) is 9.27. The van der Waals surface area contributed by atoms with E-state index >= 15 is 0 Å². The van der Waals surface area contributed by atoms with Gasteiger partial charge in [-0.3, -0.25) is 4.79 Å². The largest absolute Gasteiger partial charge is 0.342 e. The van der Waals surface area contributed by atoms with Crippen molar-refractivity contribution in [3.63, 3.8) is 0 Å². The molecular weight excluding hydrogens is 344 g/mol. The molecule has 0 bridgehead atoms. The molecule has 0 aliphatic heterocycles. The summed E-state index contributed by atoms with van der Waals surface area (Å²) < 4.78 is 1.98. The van der Waals surface area contributed by atoms with Gasteiger partial charge in [-0.25, -0.2) is 0 Å². The maximum atomic E-state index is 12.8. The van der Waals surface area contributed by atoms with Gasteiger partial charge in [-0.2, -0.15) is 0 Å². The van der Waals surface area contributed by atoms with E-state index in [2.05, 4.69) is 29.3 Å². The monoisotopic (exact) mass is 372 g/mol. The lowest BCUT2D eigenvalue weighted by Gasteiger charge is -2.32. The summed E-state index contributed by atoms with van der Waals surface area (Å²) in [6.45, 7) is 4.03. The van der Waals surface area contributed by atoms with Crippen LogP contribution in [0.15, 0.2) is 29.4 Å². The molecular formula is C20H28N4OS. The normalized spacial score (nSPS) is 16.5. The Hall–Kier alpha value is -1.82. The highest BCUT2D eigenvalue weighted by atomic mass is 32.2. The third-order valence-electron chi connectivity index (χ3n) is 5.21. The van der Waals surface area contributed by atoms with Gasteiger partial charge >= 0.3 is 0 Å². The quantitative estimate of drug-likeness (QED) is 0.743. The van der Waals surface area contributed by atoms with Crippen LogP contribution in [0.3, 0.4) is 0 Å². The number of carbonyl (C=O) groups excluding carboxylic acids is 1. The highest BCUT2D eigenvalue weighted by Gasteiger charge is 2.27. The molecule has 0 N–H and O–H groups in total. The predicted molar refractivity (Wildman–Crippen MR) is 106 cm³/mol. The molecule has 140 valence electrons. The van der Waals surface area contributed by atoms with Crippen molar-refractivity contribution in [3.8, 4) is 11.4 Å². The minimum atomic E-state index is -0.171. The number of aromatic nitrogens is 3. The Morgan fingerprint density at radius 1 is 1.27 bits per heavy atom. The van der Waals surface area contributed by atoms with Gasteiger partial charge in [0.05, 0.1) is 5.25 Å². The number of thioether (sulfide) groups is 1. The minimum Gasteiger partial charge on any atom is -0.342 e. The maximum Gasteiger partial charge on any atom is 0.235 e. The van der Waals surface area contributed by atoms with Crippen LogP contribution in [-0.4, -0.2) is 43.9 Å². The second kappa shape index (κ2) is 8.25. The molecule has 1 unspecified atom stereocenters. The van der Waals surface area contributed by atoms with E-state index in [-0.39, 0.29) is 11.2 Å². The second-order valence-corrected chi connectivity index (χ2v) is 8.54. The van der Waals surface area contributed by atoms with Gasteiger partial charge in [0.2, 0.25) is 5.91 Å². The summed E-state index contributed by atoms with van der Waals surface area (Å²) in [5.74, 6) is 1.01. The number of nitrogens with zero attached hydrogens (tertiary/aromatic N) is 4. The summed E-state index contributed by atoms with van der Waals surface area (Å²) in [6.07, 6.45) is 6.01. The molecule has 1 heterocycles. The summed E-state index contributed by atoms with van der Waals surface area (Å²) in [4.78, 5) is 14.8. The molecule has 0 saturated heterocycles. The van der Waals surface area contributed by atoms with Gasteiger partial charge in [-0.15, -0.1) is 10.2 Å². The van der Waals surface area contributed by atoms with E-state index in [1.165, 1.54) is 36.6 Å². The second-order valence-electron chi connectivity index (χ2n) is 7.24. The van der Waals surface area contributed by atoms with E-state index in [4.69, 9.17) is 0 Å². The van der Waals surface area contributed by atoms with Crippen molar-refractivity contribution in [2.75, 3.05) is 7.05 Å². The third kappa shape index (κ3) is 4.11. The van der Waals surface area contributed by atoms with Crippen molar-refractivity contribution in [2.45, 2.75) is 62.4 Å². The fourth-order valence-corrected chi connectivity index (χ4v) is 4.51. The molecule has 0 radical (unpaired) electrons. The van der Waals surface area contributed by atoms with E-state index in [0.717, 1.165) is 29.4 Å². The molecule has 1 atom stereocenters. The van der Waals surface area contributed by atoms with Crippen LogP contribution in [-0.2, 0) is 11.8 Å². The lowest BCUT2D eigenvalue weighted by atomic mass is 9.94. The molecule has 1 saturated carbocycles. The Morgan fingerprint density at radius 3 is 2.69 bits per heavy atom. The minimum absolute atomic E-state index is 0.171. The van der Waals surface area contributed by atoms with Crippen molar-refractivity contribution in [1.82, 2.24) is 19.7 Å². The van der Waals surface area contributed by atoms with Crippen LogP contribution in [0, 0.1) is 6.92 Å². The first kappa shape index (κ1) is 19.0. The van der Waals surface area contributed by atoms with Gasteiger partial charge in [0.1, 0.15) is 0 Å². The number of carbonyl (C=O) groups is 1. The van der Waals surface area contributed by atoms with Crippen LogP contribution < -0.4 is 0 Å². The van der Waals surface area contributed by atoms with Gasteiger partial charge in [0.15, 0.2) is 11.0 Å². The van der Waals surface area contributed by atoms with Crippen molar-refractivity contribution in [3.05, 3.63) is 29.8 Å². The van der Waals surface area contributed by atoms with Gasteiger partial charge in [0, 0.05) is 25.7 Å². The lowest BCUT2D eigenvalue weighted by molar-refractivity contribution is -0.131. The zero-order chi connectivity index (χ0) is 18.7. The van der Waals surface area contributed by atoms with E-state index in [1.54, 1.807) is 0 Å². The van der Waals surface area contributed by atoms with Gasteiger partial charge in [-0.1, -0.05) is 54.8 Å². The summed E-state index contributed by atoms with van der Waals surface area (Å²) in [6, 6.07) is 8.62. The molecule has 6 heteroatoms. The first-order chi connectivity index (χ1) is 12.5. The van der Waals surface area contributed by atoms with E-state index < -0.39 is 0 Å². The van der Waals surface area contributed by atoms with E-state index in [0.29, 0.717) is 6.04 Å². The average Bonchev–Trinajstić information content (AvgIpc) is 3.01. The first-order valence-electron chi connectivity index (χ1n) is 9.37. The van der Waals surface area contributed by atoms with Crippen molar-refractivity contribution < 1.29 is 4.79 Å².